The molecule has 7 heteroatoms. The fourth-order valence-corrected chi connectivity index (χ4v) is 5.54. The standard InChI is InChI=1S/C26H27NO6/c1-30-20-13-11-15(23(31-2)24(20)32-3)10-12-18(28)22-21-16-7-4-5-9-19(16)33-26(27-25(22)29)14-6-8-17(21)26/h4-5,7,9-13,17,21,28H,6,8,14H2,1-3H3,(H,27,29)/b12-10+,22-18-/t17-,21+,26+/m0/s1. The van der Waals surface area contributed by atoms with E-state index in [1.165, 1.54) is 7.11 Å². The van der Waals surface area contributed by atoms with E-state index in [9.17, 15) is 9.90 Å². The number of hydrogen-bond acceptors (Lipinski definition) is 6. The minimum Gasteiger partial charge on any atom is -0.507 e. The highest BCUT2D eigenvalue weighted by Crippen LogP contribution is 2.57. The Balaban J connectivity index is 1.59. The molecule has 1 amide bonds. The molecule has 172 valence electrons. The fraction of sp³-hybridized carbons (Fsp3) is 0.346. The number of amides is 1. The molecule has 2 N–H and O–H groups in total. The van der Waals surface area contributed by atoms with E-state index in [0.29, 0.717) is 28.4 Å². The zero-order valence-corrected chi connectivity index (χ0v) is 18.9. The van der Waals surface area contributed by atoms with Gasteiger partial charge in [-0.3, -0.25) is 4.79 Å². The zero-order valence-electron chi connectivity index (χ0n) is 18.9. The maximum absolute atomic E-state index is 13.2. The number of hydrogen-bond donors (Lipinski definition) is 2. The number of piperidine rings is 1. The van der Waals surface area contributed by atoms with Crippen LogP contribution in [0.4, 0.5) is 0 Å². The first-order valence-electron chi connectivity index (χ1n) is 11.0. The van der Waals surface area contributed by atoms with Gasteiger partial charge in [0.25, 0.3) is 5.91 Å². The highest BCUT2D eigenvalue weighted by atomic mass is 16.5. The fourth-order valence-electron chi connectivity index (χ4n) is 5.54. The van der Waals surface area contributed by atoms with Crippen molar-refractivity contribution in [2.75, 3.05) is 21.3 Å². The Bertz CT molecular complexity index is 1170. The van der Waals surface area contributed by atoms with Crippen LogP contribution in [0.25, 0.3) is 6.08 Å². The van der Waals surface area contributed by atoms with Gasteiger partial charge in [-0.2, -0.15) is 0 Å². The lowest BCUT2D eigenvalue weighted by Crippen LogP contribution is -2.63. The minimum absolute atomic E-state index is 0.0752. The third kappa shape index (κ3) is 3.22. The Kier molecular flexibility index (Phi) is 5.19. The molecule has 1 aliphatic carbocycles. The second-order valence-corrected chi connectivity index (χ2v) is 8.52. The van der Waals surface area contributed by atoms with Gasteiger partial charge < -0.3 is 29.4 Å². The lowest BCUT2D eigenvalue weighted by molar-refractivity contribution is -0.132. The van der Waals surface area contributed by atoms with E-state index in [1.807, 2.05) is 24.3 Å². The van der Waals surface area contributed by atoms with Crippen LogP contribution in [0.1, 0.15) is 36.3 Å². The molecule has 2 bridgehead atoms. The van der Waals surface area contributed by atoms with Gasteiger partial charge in [-0.05, 0) is 43.2 Å². The summed E-state index contributed by atoms with van der Waals surface area (Å²) in [6.45, 7) is 0. The number of ether oxygens (including phenoxy) is 4. The third-order valence-electron chi connectivity index (χ3n) is 6.92. The zero-order chi connectivity index (χ0) is 23.2. The normalized spacial score (nSPS) is 26.7. The van der Waals surface area contributed by atoms with Crippen LogP contribution in [0.3, 0.4) is 0 Å². The van der Waals surface area contributed by atoms with Crippen LogP contribution in [0.5, 0.6) is 23.0 Å². The number of benzene rings is 2. The highest BCUT2D eigenvalue weighted by molar-refractivity contribution is 5.98. The van der Waals surface area contributed by atoms with Crippen LogP contribution in [0.2, 0.25) is 0 Å². The lowest BCUT2D eigenvalue weighted by atomic mass is 9.70. The number of carbonyl (C=O) groups is 1. The molecule has 2 heterocycles. The van der Waals surface area contributed by atoms with Gasteiger partial charge in [-0.15, -0.1) is 0 Å². The summed E-state index contributed by atoms with van der Waals surface area (Å²) in [5.41, 5.74) is 1.29. The molecule has 2 fully saturated rings. The van der Waals surface area contributed by atoms with Crippen molar-refractivity contribution in [2.45, 2.75) is 30.9 Å². The summed E-state index contributed by atoms with van der Waals surface area (Å²) in [6.07, 6.45) is 5.89. The van der Waals surface area contributed by atoms with Crippen molar-refractivity contribution < 1.29 is 28.8 Å². The van der Waals surface area contributed by atoms with Crippen molar-refractivity contribution in [3.8, 4) is 23.0 Å². The molecular formula is C26H27NO6. The summed E-state index contributed by atoms with van der Waals surface area (Å²) in [7, 11) is 4.63. The average molecular weight is 450 g/mol. The van der Waals surface area contributed by atoms with Crippen molar-refractivity contribution in [3.63, 3.8) is 0 Å². The van der Waals surface area contributed by atoms with Gasteiger partial charge in [-0.1, -0.05) is 18.2 Å². The maximum atomic E-state index is 13.2. The van der Waals surface area contributed by atoms with Crippen LogP contribution < -0.4 is 24.3 Å². The topological polar surface area (TPSA) is 86.3 Å². The molecule has 0 spiro atoms. The molecule has 2 aliphatic heterocycles. The number of carbonyl (C=O) groups excluding carboxylic acids is 1. The van der Waals surface area contributed by atoms with Crippen molar-refractivity contribution in [2.24, 2.45) is 5.92 Å². The molecule has 0 unspecified atom stereocenters. The van der Waals surface area contributed by atoms with Gasteiger partial charge in [-0.25, -0.2) is 0 Å². The molecule has 2 aromatic rings. The first-order valence-corrected chi connectivity index (χ1v) is 11.0. The summed E-state index contributed by atoms with van der Waals surface area (Å²) >= 11 is 0. The van der Waals surface area contributed by atoms with Gasteiger partial charge in [0.15, 0.2) is 17.2 Å². The quantitative estimate of drug-likeness (QED) is 0.522. The molecule has 1 saturated carbocycles. The Morgan fingerprint density at radius 3 is 2.67 bits per heavy atom. The smallest absolute Gasteiger partial charge is 0.254 e. The van der Waals surface area contributed by atoms with Crippen molar-refractivity contribution >= 4 is 12.0 Å². The van der Waals surface area contributed by atoms with Gasteiger partial charge in [0.2, 0.25) is 5.75 Å². The Labute approximate surface area is 192 Å². The molecule has 33 heavy (non-hydrogen) atoms. The van der Waals surface area contributed by atoms with Crippen molar-refractivity contribution in [1.82, 2.24) is 5.32 Å². The molecular weight excluding hydrogens is 422 g/mol. The predicted molar refractivity (Wildman–Crippen MR) is 123 cm³/mol. The van der Waals surface area contributed by atoms with Crippen LogP contribution in [0, 0.1) is 5.92 Å². The maximum Gasteiger partial charge on any atom is 0.254 e. The molecule has 0 aromatic heterocycles. The van der Waals surface area contributed by atoms with E-state index in [1.54, 1.807) is 38.5 Å². The van der Waals surface area contributed by atoms with Gasteiger partial charge in [0, 0.05) is 29.4 Å². The van der Waals surface area contributed by atoms with Gasteiger partial charge >= 0.3 is 0 Å². The summed E-state index contributed by atoms with van der Waals surface area (Å²) in [5.74, 6) is 1.70. The van der Waals surface area contributed by atoms with Crippen LogP contribution in [0.15, 0.2) is 53.8 Å². The lowest BCUT2D eigenvalue weighted by Gasteiger charge is -2.49. The largest absolute Gasteiger partial charge is 0.507 e. The van der Waals surface area contributed by atoms with E-state index >= 15 is 0 Å². The average Bonchev–Trinajstić information content (AvgIpc) is 3.25. The molecule has 1 saturated heterocycles. The number of nitrogens with one attached hydrogen (secondary N) is 1. The van der Waals surface area contributed by atoms with E-state index in [4.69, 9.17) is 18.9 Å². The molecule has 0 radical (unpaired) electrons. The van der Waals surface area contributed by atoms with Crippen LogP contribution >= 0.6 is 0 Å². The Morgan fingerprint density at radius 2 is 1.91 bits per heavy atom. The first kappa shape index (κ1) is 21.2. The number of allylic oxidation sites excluding steroid dienone is 1. The molecule has 3 aliphatic rings. The van der Waals surface area contributed by atoms with E-state index in [-0.39, 0.29) is 23.5 Å². The predicted octanol–water partition coefficient (Wildman–Crippen LogP) is 4.34. The number of fused-ring (bicyclic) bond motifs is 2. The van der Waals surface area contributed by atoms with E-state index < -0.39 is 5.72 Å². The second kappa shape index (κ2) is 8.06. The second-order valence-electron chi connectivity index (χ2n) is 8.52. The first-order chi connectivity index (χ1) is 16.0. The molecule has 7 nitrogen and oxygen atoms in total. The van der Waals surface area contributed by atoms with Crippen molar-refractivity contribution in [3.05, 3.63) is 64.9 Å². The summed E-state index contributed by atoms with van der Waals surface area (Å²) < 4.78 is 22.6. The van der Waals surface area contributed by atoms with Gasteiger partial charge in [0.1, 0.15) is 11.5 Å². The van der Waals surface area contributed by atoms with Gasteiger partial charge in [0.05, 0.1) is 26.9 Å². The molecule has 2 aromatic carbocycles. The number of aliphatic hydroxyl groups excluding tert-OH is 1. The Hall–Kier alpha value is -3.61. The van der Waals surface area contributed by atoms with E-state index in [0.717, 1.165) is 30.6 Å². The molecule has 3 atom stereocenters. The minimum atomic E-state index is -0.698. The van der Waals surface area contributed by atoms with E-state index in [2.05, 4.69) is 5.32 Å². The number of para-hydroxylation sites is 1. The highest BCUT2D eigenvalue weighted by Gasteiger charge is 2.59. The number of methoxy groups -OCH3 is 3. The monoisotopic (exact) mass is 449 g/mol. The summed E-state index contributed by atoms with van der Waals surface area (Å²) in [6, 6.07) is 11.3. The van der Waals surface area contributed by atoms with Crippen molar-refractivity contribution in [1.29, 1.82) is 0 Å². The van der Waals surface area contributed by atoms with Crippen LogP contribution in [-0.4, -0.2) is 38.1 Å². The summed E-state index contributed by atoms with van der Waals surface area (Å²) in [4.78, 5) is 13.2. The number of rotatable bonds is 5. The SMILES string of the molecule is COc1ccc(/C=C/C(O)=C2/C(=O)N[C@@]34CCC[C@H]3[C@H]2c2ccccc2O4)c(OC)c1OC. The number of aliphatic hydroxyl groups is 1. The molecule has 5 rings (SSSR count). The Morgan fingerprint density at radius 1 is 1.12 bits per heavy atom. The summed E-state index contributed by atoms with van der Waals surface area (Å²) in [5, 5.41) is 14.2. The third-order valence-corrected chi connectivity index (χ3v) is 6.92. The van der Waals surface area contributed by atoms with Crippen LogP contribution in [-0.2, 0) is 4.79 Å².